The van der Waals surface area contributed by atoms with Crippen LogP contribution < -0.4 is 0 Å². The predicted octanol–water partition coefficient (Wildman–Crippen LogP) is -0.868. The van der Waals surface area contributed by atoms with E-state index in [1.165, 1.54) is 7.11 Å². The largest absolute Gasteiger partial charge is 0.353 e. The van der Waals surface area contributed by atoms with Crippen molar-refractivity contribution in [2.45, 2.75) is 44.2 Å². The van der Waals surface area contributed by atoms with Gasteiger partial charge < -0.3 is 18.9 Å². The van der Waals surface area contributed by atoms with E-state index in [1.54, 1.807) is 18.7 Å². The van der Waals surface area contributed by atoms with Crippen molar-refractivity contribution in [3.63, 3.8) is 0 Å². The molecule has 2 heterocycles. The molecule has 0 aromatic rings. The summed E-state index contributed by atoms with van der Waals surface area (Å²) in [6.45, 7) is 4.18. The fourth-order valence-corrected chi connectivity index (χ4v) is 3.92. The van der Waals surface area contributed by atoms with Crippen LogP contribution in [0.25, 0.3) is 0 Å². The molecule has 0 amide bonds. The maximum absolute atomic E-state index is 11.2. The van der Waals surface area contributed by atoms with Crippen LogP contribution in [0.3, 0.4) is 0 Å². The minimum atomic E-state index is -3.58. The van der Waals surface area contributed by atoms with Gasteiger partial charge in [-0.15, -0.1) is 0 Å². The number of methoxy groups -OCH3 is 1. The highest BCUT2D eigenvalue weighted by Crippen LogP contribution is 2.39. The van der Waals surface area contributed by atoms with Crippen molar-refractivity contribution < 1.29 is 44.1 Å². The molecular weight excluding hydrogens is 418 g/mol. The molecule has 4 unspecified atom stereocenters. The van der Waals surface area contributed by atoms with E-state index in [0.717, 1.165) is 12.5 Å². The van der Waals surface area contributed by atoms with E-state index in [4.69, 9.17) is 27.3 Å². The third-order valence-electron chi connectivity index (χ3n) is 4.19. The fourth-order valence-electron chi connectivity index (χ4n) is 3.16. The smallest absolute Gasteiger partial charge is 0.264 e. The number of ether oxygens (including phenoxy) is 4. The van der Waals surface area contributed by atoms with Crippen molar-refractivity contribution in [1.82, 2.24) is 4.90 Å². The third kappa shape index (κ3) is 7.46. The summed E-state index contributed by atoms with van der Waals surface area (Å²) in [6.07, 6.45) is 0.125. The van der Waals surface area contributed by atoms with Crippen LogP contribution in [-0.2, 0) is 47.5 Å². The SMILES string of the molecule is COC1OC(CN(CCOS(C)(=O)=O)CCOS(C)(=O)=O)C2OC(C)(C)OC12. The lowest BCUT2D eigenvalue weighted by molar-refractivity contribution is -0.228. The Morgan fingerprint density at radius 3 is 1.89 bits per heavy atom. The summed E-state index contributed by atoms with van der Waals surface area (Å²) in [5.74, 6) is -0.780. The Morgan fingerprint density at radius 2 is 1.43 bits per heavy atom. The topological polar surface area (TPSA) is 127 Å². The highest BCUT2D eigenvalue weighted by atomic mass is 32.2. The van der Waals surface area contributed by atoms with Crippen molar-refractivity contribution in [3.05, 3.63) is 0 Å². The molecule has 0 aromatic heterocycles. The summed E-state index contributed by atoms with van der Waals surface area (Å²) in [7, 11) is -5.66. The molecular formula is C15H29NO10S2. The lowest BCUT2D eigenvalue weighted by Crippen LogP contribution is -2.42. The van der Waals surface area contributed by atoms with Crippen LogP contribution in [-0.4, -0.2) is 105 Å². The van der Waals surface area contributed by atoms with E-state index in [0.29, 0.717) is 6.54 Å². The molecule has 0 aromatic carbocycles. The van der Waals surface area contributed by atoms with E-state index < -0.39 is 44.5 Å². The van der Waals surface area contributed by atoms with Gasteiger partial charge in [-0.25, -0.2) is 0 Å². The highest BCUT2D eigenvalue weighted by Gasteiger charge is 2.55. The van der Waals surface area contributed by atoms with Crippen molar-refractivity contribution in [3.8, 4) is 0 Å². The van der Waals surface area contributed by atoms with Gasteiger partial charge in [0.1, 0.15) is 18.3 Å². The Kier molecular flexibility index (Phi) is 7.84. The first-order chi connectivity index (χ1) is 12.8. The molecule has 2 aliphatic rings. The number of fused-ring (bicyclic) bond motifs is 1. The highest BCUT2D eigenvalue weighted by molar-refractivity contribution is 7.86. The molecule has 0 bridgehead atoms. The summed E-state index contributed by atoms with van der Waals surface area (Å²) >= 11 is 0. The molecule has 4 atom stereocenters. The Hall–Kier alpha value is -0.380. The maximum atomic E-state index is 11.2. The zero-order valence-corrected chi connectivity index (χ0v) is 18.3. The molecule has 11 nitrogen and oxygen atoms in total. The number of nitrogens with zero attached hydrogens (tertiary/aromatic N) is 1. The molecule has 0 saturated carbocycles. The van der Waals surface area contributed by atoms with Crippen molar-refractivity contribution >= 4 is 20.2 Å². The minimum absolute atomic E-state index is 0.0882. The lowest BCUT2D eigenvalue weighted by Gasteiger charge is -2.28. The van der Waals surface area contributed by atoms with Crippen LogP contribution in [0.1, 0.15) is 13.8 Å². The van der Waals surface area contributed by atoms with Gasteiger partial charge in [0, 0.05) is 26.7 Å². The quantitative estimate of drug-likeness (QED) is 0.367. The van der Waals surface area contributed by atoms with Crippen LogP contribution in [0.2, 0.25) is 0 Å². The molecule has 0 radical (unpaired) electrons. The average molecular weight is 448 g/mol. The summed E-state index contributed by atoms with van der Waals surface area (Å²) in [5, 5.41) is 0. The second-order valence-electron chi connectivity index (χ2n) is 7.20. The zero-order chi connectivity index (χ0) is 21.2. The van der Waals surface area contributed by atoms with Gasteiger partial charge >= 0.3 is 0 Å². The molecule has 13 heteroatoms. The predicted molar refractivity (Wildman–Crippen MR) is 97.5 cm³/mol. The summed E-state index contributed by atoms with van der Waals surface area (Å²) in [4.78, 5) is 1.78. The second kappa shape index (κ2) is 9.18. The van der Waals surface area contributed by atoms with Gasteiger partial charge in [-0.1, -0.05) is 0 Å². The fraction of sp³-hybridized carbons (Fsp3) is 1.00. The number of hydrogen-bond donors (Lipinski definition) is 0. The molecule has 0 N–H and O–H groups in total. The van der Waals surface area contributed by atoms with Crippen LogP contribution >= 0.6 is 0 Å². The molecule has 0 aliphatic carbocycles. The number of rotatable bonds is 11. The Labute approximate surface area is 166 Å². The number of hydrogen-bond acceptors (Lipinski definition) is 11. The monoisotopic (exact) mass is 447 g/mol. The van der Waals surface area contributed by atoms with Gasteiger partial charge in [-0.2, -0.15) is 16.8 Å². The summed E-state index contributed by atoms with van der Waals surface area (Å²) in [5.41, 5.74) is 0. The first kappa shape index (κ1) is 23.9. The molecule has 28 heavy (non-hydrogen) atoms. The van der Waals surface area contributed by atoms with Gasteiger partial charge in [0.25, 0.3) is 20.2 Å². The van der Waals surface area contributed by atoms with E-state index in [2.05, 4.69) is 0 Å². The first-order valence-corrected chi connectivity index (χ1v) is 12.4. The van der Waals surface area contributed by atoms with Crippen LogP contribution in [0.4, 0.5) is 0 Å². The molecule has 0 spiro atoms. The summed E-state index contributed by atoms with van der Waals surface area (Å²) < 4.78 is 77.3. The van der Waals surface area contributed by atoms with Crippen molar-refractivity contribution in [2.24, 2.45) is 0 Å². The first-order valence-electron chi connectivity index (χ1n) is 8.75. The van der Waals surface area contributed by atoms with Gasteiger partial charge in [-0.3, -0.25) is 13.3 Å². The van der Waals surface area contributed by atoms with Crippen molar-refractivity contribution in [1.29, 1.82) is 0 Å². The van der Waals surface area contributed by atoms with Gasteiger partial charge in [0.05, 0.1) is 25.7 Å². The second-order valence-corrected chi connectivity index (χ2v) is 10.5. The van der Waals surface area contributed by atoms with Crippen LogP contribution in [0, 0.1) is 0 Å². The van der Waals surface area contributed by atoms with Gasteiger partial charge in [0.2, 0.25) is 0 Å². The minimum Gasteiger partial charge on any atom is -0.353 e. The molecule has 2 aliphatic heterocycles. The van der Waals surface area contributed by atoms with E-state index in [9.17, 15) is 16.8 Å². The summed E-state index contributed by atoms with van der Waals surface area (Å²) in [6, 6.07) is 0. The standard InChI is InChI=1S/C15H29NO10S2/c1-15(2)25-12-11(24-14(21-3)13(12)26-15)10-16(6-8-22-27(4,17)18)7-9-23-28(5,19)20/h11-14H,6-10H2,1-5H3. The Bertz CT molecular complexity index is 685. The van der Waals surface area contributed by atoms with Crippen LogP contribution in [0.15, 0.2) is 0 Å². The van der Waals surface area contributed by atoms with Crippen LogP contribution in [0.5, 0.6) is 0 Å². The third-order valence-corrected chi connectivity index (χ3v) is 5.38. The van der Waals surface area contributed by atoms with E-state index in [1.807, 2.05) is 0 Å². The molecule has 2 rings (SSSR count). The van der Waals surface area contributed by atoms with E-state index in [-0.39, 0.29) is 32.4 Å². The zero-order valence-electron chi connectivity index (χ0n) is 16.7. The molecule has 2 fully saturated rings. The van der Waals surface area contributed by atoms with Gasteiger partial charge in [0.15, 0.2) is 12.1 Å². The van der Waals surface area contributed by atoms with Crippen molar-refractivity contribution in [2.75, 3.05) is 52.5 Å². The van der Waals surface area contributed by atoms with Gasteiger partial charge in [-0.05, 0) is 13.8 Å². The Morgan fingerprint density at radius 1 is 0.929 bits per heavy atom. The average Bonchev–Trinajstić information content (AvgIpc) is 2.98. The van der Waals surface area contributed by atoms with E-state index >= 15 is 0 Å². The lowest BCUT2D eigenvalue weighted by atomic mass is 10.1. The maximum Gasteiger partial charge on any atom is 0.264 e. The molecule has 166 valence electrons. The Balaban J connectivity index is 2.00. The normalized spacial score (nSPS) is 30.1. The molecule has 2 saturated heterocycles.